The van der Waals surface area contributed by atoms with Crippen molar-refractivity contribution in [2.24, 2.45) is 0 Å². The van der Waals surface area contributed by atoms with Gasteiger partial charge >= 0.3 is 5.97 Å². The number of aromatic carboxylic acids is 1. The van der Waals surface area contributed by atoms with Crippen LogP contribution in [0.4, 0.5) is 5.13 Å². The zero-order chi connectivity index (χ0) is 12.4. The monoisotopic (exact) mass is 256 g/mol. The van der Waals surface area contributed by atoms with E-state index in [0.717, 1.165) is 24.1 Å². The van der Waals surface area contributed by atoms with Crippen molar-refractivity contribution in [2.75, 3.05) is 12.4 Å². The molecular formula is C11H16N2O3S. The number of rotatable bonds is 4. The Bertz CT molecular complexity index is 419. The van der Waals surface area contributed by atoms with Crippen molar-refractivity contribution in [3.05, 3.63) is 10.6 Å². The van der Waals surface area contributed by atoms with Crippen LogP contribution in [0.5, 0.6) is 0 Å². The molecule has 0 bridgehead atoms. The van der Waals surface area contributed by atoms with Gasteiger partial charge in [-0.1, -0.05) is 0 Å². The van der Waals surface area contributed by atoms with E-state index in [2.05, 4.69) is 10.3 Å². The number of carboxylic acid groups (broad SMARTS) is 1. The van der Waals surface area contributed by atoms with Gasteiger partial charge in [-0.3, -0.25) is 0 Å². The molecule has 94 valence electrons. The van der Waals surface area contributed by atoms with Crippen LogP contribution in [0.2, 0.25) is 0 Å². The van der Waals surface area contributed by atoms with Crippen LogP contribution in [0.15, 0.2) is 0 Å². The molecule has 2 N–H and O–H groups in total. The number of carboxylic acids is 1. The van der Waals surface area contributed by atoms with Gasteiger partial charge in [-0.15, -0.1) is 11.3 Å². The Kier molecular flexibility index (Phi) is 3.63. The number of aryl methyl sites for hydroxylation is 1. The predicted octanol–water partition coefficient (Wildman–Crippen LogP) is 2.13. The zero-order valence-corrected chi connectivity index (χ0v) is 10.7. The molecule has 17 heavy (non-hydrogen) atoms. The first-order valence-electron chi connectivity index (χ1n) is 5.60. The molecule has 1 saturated carbocycles. The molecule has 0 saturated heterocycles. The topological polar surface area (TPSA) is 71.5 Å². The van der Waals surface area contributed by atoms with Gasteiger partial charge in [0.2, 0.25) is 0 Å². The molecule has 1 aliphatic rings. The Morgan fingerprint density at radius 2 is 2.35 bits per heavy atom. The van der Waals surface area contributed by atoms with Crippen molar-refractivity contribution in [2.45, 2.75) is 38.3 Å². The number of aromatic nitrogens is 1. The molecule has 6 heteroatoms. The molecule has 1 aromatic heterocycles. The number of anilines is 1. The maximum atomic E-state index is 10.9. The third-order valence-electron chi connectivity index (χ3n) is 3.04. The first-order valence-corrected chi connectivity index (χ1v) is 6.42. The Labute approximate surface area is 104 Å². The van der Waals surface area contributed by atoms with Crippen LogP contribution in [0.25, 0.3) is 0 Å². The fraction of sp³-hybridized carbons (Fsp3) is 0.636. The molecule has 0 aliphatic heterocycles. The summed E-state index contributed by atoms with van der Waals surface area (Å²) >= 11 is 1.39. The minimum absolute atomic E-state index is 0.152. The van der Waals surface area contributed by atoms with E-state index in [1.807, 2.05) is 0 Å². The van der Waals surface area contributed by atoms with E-state index in [0.29, 0.717) is 17.3 Å². The summed E-state index contributed by atoms with van der Waals surface area (Å²) < 4.78 is 5.30. The summed E-state index contributed by atoms with van der Waals surface area (Å²) in [5.74, 6) is -0.965. The maximum Gasteiger partial charge on any atom is 0.355 e. The summed E-state index contributed by atoms with van der Waals surface area (Å²) in [5, 5.41) is 12.9. The minimum Gasteiger partial charge on any atom is -0.476 e. The normalized spacial score (nSPS) is 23.9. The van der Waals surface area contributed by atoms with Crippen LogP contribution in [0, 0.1) is 6.92 Å². The average molecular weight is 256 g/mol. The number of carbonyl (C=O) groups is 1. The first-order chi connectivity index (χ1) is 8.10. The van der Waals surface area contributed by atoms with Crippen molar-refractivity contribution in [1.29, 1.82) is 0 Å². The fourth-order valence-electron chi connectivity index (χ4n) is 2.12. The lowest BCUT2D eigenvalue weighted by molar-refractivity contribution is 0.0690. The number of hydrogen-bond donors (Lipinski definition) is 2. The highest BCUT2D eigenvalue weighted by molar-refractivity contribution is 7.15. The molecule has 1 aliphatic carbocycles. The largest absolute Gasteiger partial charge is 0.476 e. The first kappa shape index (κ1) is 12.3. The van der Waals surface area contributed by atoms with Gasteiger partial charge in [-0.05, 0) is 26.2 Å². The van der Waals surface area contributed by atoms with Crippen LogP contribution < -0.4 is 5.32 Å². The summed E-state index contributed by atoms with van der Waals surface area (Å²) in [7, 11) is 1.73. The number of thiazole rings is 1. The molecule has 0 aromatic carbocycles. The van der Waals surface area contributed by atoms with Gasteiger partial charge in [0.1, 0.15) is 0 Å². The molecule has 2 unspecified atom stereocenters. The second-order valence-corrected chi connectivity index (χ2v) is 5.44. The second-order valence-electron chi connectivity index (χ2n) is 4.24. The van der Waals surface area contributed by atoms with Crippen LogP contribution in [-0.2, 0) is 4.74 Å². The molecule has 1 fully saturated rings. The standard InChI is InChI=1S/C11H16N2O3S/c1-6-9(10(14)15)13-11(17-6)12-7-3-4-8(5-7)16-2/h7-8H,3-5H2,1-2H3,(H,12,13)(H,14,15). The van der Waals surface area contributed by atoms with Crippen molar-refractivity contribution >= 4 is 22.4 Å². The van der Waals surface area contributed by atoms with Crippen LogP contribution >= 0.6 is 11.3 Å². The molecule has 2 atom stereocenters. The van der Waals surface area contributed by atoms with E-state index in [-0.39, 0.29) is 5.69 Å². The summed E-state index contributed by atoms with van der Waals surface area (Å²) in [6.45, 7) is 1.78. The molecule has 2 rings (SSSR count). The lowest BCUT2D eigenvalue weighted by Gasteiger charge is -2.11. The number of methoxy groups -OCH3 is 1. The summed E-state index contributed by atoms with van der Waals surface area (Å²) in [6, 6.07) is 0.340. The van der Waals surface area contributed by atoms with E-state index >= 15 is 0 Å². The van der Waals surface area contributed by atoms with Gasteiger partial charge in [0.15, 0.2) is 10.8 Å². The smallest absolute Gasteiger partial charge is 0.355 e. The average Bonchev–Trinajstić information content (AvgIpc) is 2.85. The van der Waals surface area contributed by atoms with E-state index in [1.165, 1.54) is 11.3 Å². The SMILES string of the molecule is COC1CCC(Nc2nc(C(=O)O)c(C)s2)C1. The quantitative estimate of drug-likeness (QED) is 0.863. The van der Waals surface area contributed by atoms with Gasteiger partial charge in [0, 0.05) is 18.0 Å². The second kappa shape index (κ2) is 5.01. The van der Waals surface area contributed by atoms with Gasteiger partial charge in [0.05, 0.1) is 6.10 Å². The van der Waals surface area contributed by atoms with Crippen molar-refractivity contribution in [3.8, 4) is 0 Å². The van der Waals surface area contributed by atoms with Gasteiger partial charge in [-0.2, -0.15) is 0 Å². The molecule has 0 amide bonds. The lowest BCUT2D eigenvalue weighted by Crippen LogP contribution is -2.17. The third-order valence-corrected chi connectivity index (χ3v) is 3.95. The Morgan fingerprint density at radius 1 is 1.59 bits per heavy atom. The van der Waals surface area contributed by atoms with Crippen LogP contribution in [0.1, 0.15) is 34.6 Å². The summed E-state index contributed by atoms with van der Waals surface area (Å²) in [6.07, 6.45) is 3.36. The van der Waals surface area contributed by atoms with Crippen LogP contribution in [-0.4, -0.2) is 35.3 Å². The van der Waals surface area contributed by atoms with Crippen molar-refractivity contribution < 1.29 is 14.6 Å². The molecular weight excluding hydrogens is 240 g/mol. The zero-order valence-electron chi connectivity index (χ0n) is 9.90. The third kappa shape index (κ3) is 2.76. The highest BCUT2D eigenvalue weighted by Crippen LogP contribution is 2.28. The van der Waals surface area contributed by atoms with Crippen molar-refractivity contribution in [3.63, 3.8) is 0 Å². The number of ether oxygens (including phenoxy) is 1. The molecule has 1 heterocycles. The van der Waals surface area contributed by atoms with E-state index in [4.69, 9.17) is 9.84 Å². The van der Waals surface area contributed by atoms with Crippen LogP contribution in [0.3, 0.4) is 0 Å². The minimum atomic E-state index is -0.965. The van der Waals surface area contributed by atoms with Gasteiger partial charge in [-0.25, -0.2) is 9.78 Å². The van der Waals surface area contributed by atoms with E-state index in [9.17, 15) is 4.79 Å². The highest BCUT2D eigenvalue weighted by atomic mass is 32.1. The highest BCUT2D eigenvalue weighted by Gasteiger charge is 2.25. The number of nitrogens with one attached hydrogen (secondary N) is 1. The van der Waals surface area contributed by atoms with Gasteiger partial charge in [0.25, 0.3) is 0 Å². The molecule has 1 aromatic rings. The summed E-state index contributed by atoms with van der Waals surface area (Å²) in [4.78, 5) is 15.7. The Morgan fingerprint density at radius 3 is 2.88 bits per heavy atom. The molecule has 5 nitrogen and oxygen atoms in total. The Hall–Kier alpha value is -1.14. The van der Waals surface area contributed by atoms with E-state index in [1.54, 1.807) is 14.0 Å². The fourth-order valence-corrected chi connectivity index (χ4v) is 3.00. The predicted molar refractivity (Wildman–Crippen MR) is 65.9 cm³/mol. The van der Waals surface area contributed by atoms with Crippen molar-refractivity contribution in [1.82, 2.24) is 4.98 Å². The molecule has 0 radical (unpaired) electrons. The molecule has 0 spiro atoms. The number of nitrogens with zero attached hydrogens (tertiary/aromatic N) is 1. The Balaban J connectivity index is 2.00. The maximum absolute atomic E-state index is 10.9. The summed E-state index contributed by atoms with van der Waals surface area (Å²) in [5.41, 5.74) is 0.152. The number of hydrogen-bond acceptors (Lipinski definition) is 5. The van der Waals surface area contributed by atoms with Gasteiger partial charge < -0.3 is 15.2 Å². The lowest BCUT2D eigenvalue weighted by atomic mass is 10.2. The van der Waals surface area contributed by atoms with E-state index < -0.39 is 5.97 Å².